The van der Waals surface area contributed by atoms with Gasteiger partial charge >= 0.3 is 0 Å². The van der Waals surface area contributed by atoms with Crippen molar-refractivity contribution in [2.75, 3.05) is 25.6 Å². The van der Waals surface area contributed by atoms with Crippen LogP contribution in [0.3, 0.4) is 0 Å². The third-order valence-electron chi connectivity index (χ3n) is 4.70. The number of methoxy groups -OCH3 is 1. The molecule has 4 heteroatoms. The Bertz CT molecular complexity index is 509. The number of nitrogens with zero attached hydrogens (tertiary/aromatic N) is 1. The molecule has 1 amide bonds. The van der Waals surface area contributed by atoms with Crippen molar-refractivity contribution in [2.24, 2.45) is 0 Å². The molecular weight excluding hydrogens is 264 g/mol. The molecule has 1 N–H and O–H groups in total. The largest absolute Gasteiger partial charge is 0.385 e. The number of fused-ring (bicyclic) bond motifs is 1. The molecule has 3 rings (SSSR count). The summed E-state index contributed by atoms with van der Waals surface area (Å²) in [6.45, 7) is 1.45. The maximum Gasteiger partial charge on any atom is 0.257 e. The standard InChI is InChI=1S/C17H24N2O2/c1-21-13-7-12-19-16(20)14-8-3-4-9-15(14)18-17(19)10-5-2-6-11-17/h3-4,8-9,18H,2,5-7,10-13H2,1H3. The fraction of sp³-hybridized carbons (Fsp3) is 0.588. The van der Waals surface area contributed by atoms with Gasteiger partial charge in [-0.15, -0.1) is 0 Å². The van der Waals surface area contributed by atoms with Crippen molar-refractivity contribution in [3.8, 4) is 0 Å². The van der Waals surface area contributed by atoms with Gasteiger partial charge in [0.05, 0.1) is 5.56 Å². The Labute approximate surface area is 126 Å². The van der Waals surface area contributed by atoms with E-state index in [1.807, 2.05) is 24.3 Å². The molecule has 114 valence electrons. The Morgan fingerprint density at radius 2 is 2.00 bits per heavy atom. The van der Waals surface area contributed by atoms with Crippen molar-refractivity contribution < 1.29 is 9.53 Å². The zero-order valence-corrected chi connectivity index (χ0v) is 12.7. The number of rotatable bonds is 4. The lowest BCUT2D eigenvalue weighted by Gasteiger charge is -2.50. The summed E-state index contributed by atoms with van der Waals surface area (Å²) in [5, 5.41) is 3.68. The molecular formula is C17H24N2O2. The molecule has 1 aromatic rings. The summed E-state index contributed by atoms with van der Waals surface area (Å²) in [7, 11) is 1.71. The summed E-state index contributed by atoms with van der Waals surface area (Å²) in [6.07, 6.45) is 6.60. The van der Waals surface area contributed by atoms with Crippen molar-refractivity contribution in [3.63, 3.8) is 0 Å². The van der Waals surface area contributed by atoms with Gasteiger partial charge in [0.2, 0.25) is 0 Å². The zero-order chi connectivity index (χ0) is 14.7. The van der Waals surface area contributed by atoms with E-state index in [0.29, 0.717) is 6.61 Å². The van der Waals surface area contributed by atoms with Gasteiger partial charge in [-0.3, -0.25) is 4.79 Å². The highest BCUT2D eigenvalue weighted by Crippen LogP contribution is 2.40. The molecule has 1 saturated carbocycles. The number of ether oxygens (including phenoxy) is 1. The van der Waals surface area contributed by atoms with E-state index < -0.39 is 0 Å². The number of amides is 1. The van der Waals surface area contributed by atoms with E-state index in [4.69, 9.17) is 4.74 Å². The number of anilines is 1. The van der Waals surface area contributed by atoms with Crippen LogP contribution in [-0.4, -0.2) is 36.7 Å². The number of carbonyl (C=O) groups is 1. The number of para-hydroxylation sites is 1. The highest BCUT2D eigenvalue weighted by Gasteiger charge is 2.44. The fourth-order valence-electron chi connectivity index (χ4n) is 3.65. The molecule has 0 radical (unpaired) electrons. The lowest BCUT2D eigenvalue weighted by atomic mass is 9.84. The lowest BCUT2D eigenvalue weighted by molar-refractivity contribution is 0.0365. The third kappa shape index (κ3) is 2.64. The SMILES string of the molecule is COCCCN1C(=O)c2ccccc2NC12CCCCC2. The van der Waals surface area contributed by atoms with E-state index in [0.717, 1.165) is 37.1 Å². The van der Waals surface area contributed by atoms with Gasteiger partial charge < -0.3 is 15.0 Å². The molecule has 0 aromatic heterocycles. The second kappa shape index (κ2) is 6.06. The van der Waals surface area contributed by atoms with Crippen LogP contribution in [0.4, 0.5) is 5.69 Å². The summed E-state index contributed by atoms with van der Waals surface area (Å²) >= 11 is 0. The second-order valence-electron chi connectivity index (χ2n) is 6.07. The number of benzene rings is 1. The Morgan fingerprint density at radius 3 is 2.76 bits per heavy atom. The molecule has 1 aromatic carbocycles. The number of hydrogen-bond acceptors (Lipinski definition) is 3. The van der Waals surface area contributed by atoms with Gasteiger partial charge in [0.1, 0.15) is 5.66 Å². The number of carbonyl (C=O) groups excluding carboxylic acids is 1. The number of nitrogens with one attached hydrogen (secondary N) is 1. The first-order valence-electron chi connectivity index (χ1n) is 7.95. The van der Waals surface area contributed by atoms with Crippen molar-refractivity contribution >= 4 is 11.6 Å². The monoisotopic (exact) mass is 288 g/mol. The third-order valence-corrected chi connectivity index (χ3v) is 4.70. The van der Waals surface area contributed by atoms with Crippen LogP contribution in [0.5, 0.6) is 0 Å². The summed E-state index contributed by atoms with van der Waals surface area (Å²) < 4.78 is 5.15. The van der Waals surface area contributed by atoms with Crippen LogP contribution in [0.25, 0.3) is 0 Å². The Morgan fingerprint density at radius 1 is 1.24 bits per heavy atom. The molecule has 1 aliphatic carbocycles. The molecule has 4 nitrogen and oxygen atoms in total. The first-order valence-corrected chi connectivity index (χ1v) is 7.95. The van der Waals surface area contributed by atoms with Gasteiger partial charge in [-0.25, -0.2) is 0 Å². The van der Waals surface area contributed by atoms with E-state index in [1.165, 1.54) is 19.3 Å². The van der Waals surface area contributed by atoms with Crippen LogP contribution in [0.15, 0.2) is 24.3 Å². The average molecular weight is 288 g/mol. The van der Waals surface area contributed by atoms with Crippen molar-refractivity contribution in [1.82, 2.24) is 4.90 Å². The predicted octanol–water partition coefficient (Wildman–Crippen LogP) is 3.25. The van der Waals surface area contributed by atoms with Crippen LogP contribution in [0.2, 0.25) is 0 Å². The average Bonchev–Trinajstić information content (AvgIpc) is 2.51. The fourth-order valence-corrected chi connectivity index (χ4v) is 3.65. The highest BCUT2D eigenvalue weighted by molar-refractivity contribution is 6.02. The summed E-state index contributed by atoms with van der Waals surface area (Å²) in [5.41, 5.74) is 1.61. The lowest BCUT2D eigenvalue weighted by Crippen LogP contribution is -2.61. The quantitative estimate of drug-likeness (QED) is 0.865. The van der Waals surface area contributed by atoms with Gasteiger partial charge in [0.25, 0.3) is 5.91 Å². The van der Waals surface area contributed by atoms with Crippen LogP contribution in [0.1, 0.15) is 48.9 Å². The van der Waals surface area contributed by atoms with Crippen molar-refractivity contribution in [3.05, 3.63) is 29.8 Å². The van der Waals surface area contributed by atoms with Gasteiger partial charge in [0, 0.05) is 25.9 Å². The van der Waals surface area contributed by atoms with Crippen LogP contribution in [-0.2, 0) is 4.74 Å². The Hall–Kier alpha value is -1.55. The molecule has 0 saturated heterocycles. The number of hydrogen-bond donors (Lipinski definition) is 1. The second-order valence-corrected chi connectivity index (χ2v) is 6.07. The van der Waals surface area contributed by atoms with E-state index in [2.05, 4.69) is 10.2 Å². The Kier molecular flexibility index (Phi) is 4.15. The van der Waals surface area contributed by atoms with E-state index in [9.17, 15) is 4.79 Å². The minimum atomic E-state index is -0.183. The van der Waals surface area contributed by atoms with E-state index in [-0.39, 0.29) is 11.6 Å². The first-order chi connectivity index (χ1) is 10.3. The van der Waals surface area contributed by atoms with Crippen LogP contribution < -0.4 is 5.32 Å². The van der Waals surface area contributed by atoms with Crippen molar-refractivity contribution in [2.45, 2.75) is 44.2 Å². The van der Waals surface area contributed by atoms with Gasteiger partial charge in [-0.1, -0.05) is 18.6 Å². The minimum Gasteiger partial charge on any atom is -0.385 e. The van der Waals surface area contributed by atoms with Gasteiger partial charge in [0.15, 0.2) is 0 Å². The molecule has 0 unspecified atom stereocenters. The molecule has 1 aliphatic heterocycles. The van der Waals surface area contributed by atoms with Crippen molar-refractivity contribution in [1.29, 1.82) is 0 Å². The van der Waals surface area contributed by atoms with Crippen LogP contribution in [0, 0.1) is 0 Å². The maximum atomic E-state index is 12.9. The smallest absolute Gasteiger partial charge is 0.257 e. The zero-order valence-electron chi connectivity index (χ0n) is 12.7. The van der Waals surface area contributed by atoms with E-state index >= 15 is 0 Å². The minimum absolute atomic E-state index is 0.169. The molecule has 1 spiro atoms. The maximum absolute atomic E-state index is 12.9. The van der Waals surface area contributed by atoms with Gasteiger partial charge in [-0.2, -0.15) is 0 Å². The normalized spacial score (nSPS) is 20.2. The van der Waals surface area contributed by atoms with Crippen LogP contribution >= 0.6 is 0 Å². The molecule has 21 heavy (non-hydrogen) atoms. The Balaban J connectivity index is 1.91. The molecule has 1 heterocycles. The molecule has 0 bridgehead atoms. The topological polar surface area (TPSA) is 41.6 Å². The molecule has 0 atom stereocenters. The van der Waals surface area contributed by atoms with E-state index in [1.54, 1.807) is 7.11 Å². The summed E-state index contributed by atoms with van der Waals surface area (Å²) in [6, 6.07) is 7.88. The van der Waals surface area contributed by atoms with Gasteiger partial charge in [-0.05, 0) is 44.2 Å². The molecule has 1 fully saturated rings. The summed E-state index contributed by atoms with van der Waals surface area (Å²) in [5.74, 6) is 0.169. The highest BCUT2D eigenvalue weighted by atomic mass is 16.5. The summed E-state index contributed by atoms with van der Waals surface area (Å²) in [4.78, 5) is 15.0. The first kappa shape index (κ1) is 14.4. The predicted molar refractivity (Wildman–Crippen MR) is 83.4 cm³/mol. The molecule has 2 aliphatic rings.